The largest absolute Gasteiger partial charge is 0.377 e. The maximum Gasteiger partial charge on any atom is 0.0777 e. The van der Waals surface area contributed by atoms with Gasteiger partial charge in [0.25, 0.3) is 0 Å². The van der Waals surface area contributed by atoms with Crippen molar-refractivity contribution < 1.29 is 4.74 Å². The molecule has 102 valence electrons. The van der Waals surface area contributed by atoms with Crippen LogP contribution in [0.1, 0.15) is 51.9 Å². The van der Waals surface area contributed by atoms with E-state index in [0.29, 0.717) is 0 Å². The molecule has 1 fully saturated rings. The number of unbranched alkanes of at least 4 members (excludes halogenated alkanes) is 4. The summed E-state index contributed by atoms with van der Waals surface area (Å²) in [5, 5.41) is 0. The van der Waals surface area contributed by atoms with E-state index >= 15 is 0 Å². The highest BCUT2D eigenvalue weighted by molar-refractivity contribution is 4.84. The molecule has 3 nitrogen and oxygen atoms in total. The molecule has 1 saturated heterocycles. The Hall–Kier alpha value is -0.120. The summed E-state index contributed by atoms with van der Waals surface area (Å²) in [6.45, 7) is 6.67. The first kappa shape index (κ1) is 14.9. The summed E-state index contributed by atoms with van der Waals surface area (Å²) in [6, 6.07) is 0. The van der Waals surface area contributed by atoms with Crippen molar-refractivity contribution >= 4 is 0 Å². The third kappa shape index (κ3) is 5.84. The van der Waals surface area contributed by atoms with Crippen LogP contribution in [0.4, 0.5) is 0 Å². The number of nitrogens with two attached hydrogens (primary N) is 1. The van der Waals surface area contributed by atoms with Gasteiger partial charge in [0, 0.05) is 13.7 Å². The topological polar surface area (TPSA) is 38.5 Å². The molecule has 0 amide bonds. The molecular formula is C14H30N2O. The van der Waals surface area contributed by atoms with E-state index in [1.54, 1.807) is 0 Å². The zero-order chi connectivity index (χ0) is 12.6. The molecule has 0 aliphatic carbocycles. The van der Waals surface area contributed by atoms with E-state index in [9.17, 15) is 0 Å². The van der Waals surface area contributed by atoms with Crippen LogP contribution in [0.5, 0.6) is 0 Å². The minimum atomic E-state index is 0.0950. The second-order valence-electron chi connectivity index (χ2n) is 5.59. The summed E-state index contributed by atoms with van der Waals surface area (Å²) < 4.78 is 5.61. The van der Waals surface area contributed by atoms with E-state index in [2.05, 4.69) is 11.8 Å². The molecule has 0 radical (unpaired) electrons. The van der Waals surface area contributed by atoms with Gasteiger partial charge >= 0.3 is 0 Å². The summed E-state index contributed by atoms with van der Waals surface area (Å²) in [5.74, 6) is 0. The van der Waals surface area contributed by atoms with E-state index in [4.69, 9.17) is 10.5 Å². The van der Waals surface area contributed by atoms with Crippen LogP contribution in [0, 0.1) is 0 Å². The molecule has 0 spiro atoms. The SMILES string of the molecule is COC1(C)CCCN(CCCCCCCN)C1. The lowest BCUT2D eigenvalue weighted by Crippen LogP contribution is -2.47. The van der Waals surface area contributed by atoms with Crippen LogP contribution in [-0.2, 0) is 4.74 Å². The van der Waals surface area contributed by atoms with Crippen LogP contribution in [0.3, 0.4) is 0 Å². The molecule has 0 aromatic heterocycles. The van der Waals surface area contributed by atoms with Gasteiger partial charge in [-0.1, -0.05) is 19.3 Å². The lowest BCUT2D eigenvalue weighted by Gasteiger charge is -2.39. The molecule has 0 aromatic carbocycles. The van der Waals surface area contributed by atoms with Gasteiger partial charge in [0.15, 0.2) is 0 Å². The summed E-state index contributed by atoms with van der Waals surface area (Å²) >= 11 is 0. The molecule has 1 aliphatic heterocycles. The number of hydrogen-bond donors (Lipinski definition) is 1. The number of nitrogens with zero attached hydrogens (tertiary/aromatic N) is 1. The standard InChI is InChI=1S/C14H30N2O/c1-14(17-2)9-8-12-16(13-14)11-7-5-3-4-6-10-15/h3-13,15H2,1-2H3. The first-order chi connectivity index (χ1) is 8.20. The number of methoxy groups -OCH3 is 1. The van der Waals surface area contributed by atoms with Gasteiger partial charge < -0.3 is 15.4 Å². The zero-order valence-corrected chi connectivity index (χ0v) is 11.7. The highest BCUT2D eigenvalue weighted by Crippen LogP contribution is 2.24. The molecule has 0 bridgehead atoms. The Bertz CT molecular complexity index is 199. The van der Waals surface area contributed by atoms with Crippen molar-refractivity contribution in [1.29, 1.82) is 0 Å². The lowest BCUT2D eigenvalue weighted by atomic mass is 9.94. The van der Waals surface area contributed by atoms with Crippen molar-refractivity contribution in [3.05, 3.63) is 0 Å². The van der Waals surface area contributed by atoms with Gasteiger partial charge in [-0.25, -0.2) is 0 Å². The summed E-state index contributed by atoms with van der Waals surface area (Å²) in [4.78, 5) is 2.57. The van der Waals surface area contributed by atoms with Gasteiger partial charge in [0.2, 0.25) is 0 Å². The Labute approximate surface area is 107 Å². The Kier molecular flexibility index (Phi) is 7.09. The smallest absolute Gasteiger partial charge is 0.0777 e. The van der Waals surface area contributed by atoms with Crippen LogP contribution >= 0.6 is 0 Å². The number of ether oxygens (including phenoxy) is 1. The van der Waals surface area contributed by atoms with Gasteiger partial charge in [-0.15, -0.1) is 0 Å². The average Bonchev–Trinajstić information content (AvgIpc) is 2.34. The van der Waals surface area contributed by atoms with Crippen molar-refractivity contribution in [1.82, 2.24) is 4.90 Å². The third-order valence-corrected chi connectivity index (χ3v) is 3.91. The third-order valence-electron chi connectivity index (χ3n) is 3.91. The number of piperidine rings is 1. The monoisotopic (exact) mass is 242 g/mol. The lowest BCUT2D eigenvalue weighted by molar-refractivity contribution is -0.0508. The molecule has 17 heavy (non-hydrogen) atoms. The Morgan fingerprint density at radius 3 is 2.59 bits per heavy atom. The quantitative estimate of drug-likeness (QED) is 0.664. The van der Waals surface area contributed by atoms with E-state index in [1.165, 1.54) is 58.0 Å². The first-order valence-corrected chi connectivity index (χ1v) is 7.18. The minimum absolute atomic E-state index is 0.0950. The maximum absolute atomic E-state index is 5.61. The van der Waals surface area contributed by atoms with Crippen molar-refractivity contribution in [3.8, 4) is 0 Å². The van der Waals surface area contributed by atoms with Gasteiger partial charge in [-0.3, -0.25) is 0 Å². The predicted molar refractivity (Wildman–Crippen MR) is 73.2 cm³/mol. The van der Waals surface area contributed by atoms with E-state index in [-0.39, 0.29) is 5.60 Å². The van der Waals surface area contributed by atoms with Crippen LogP contribution in [0.25, 0.3) is 0 Å². The number of rotatable bonds is 8. The fourth-order valence-electron chi connectivity index (χ4n) is 2.68. The van der Waals surface area contributed by atoms with Crippen LogP contribution in [-0.4, -0.2) is 43.8 Å². The number of likely N-dealkylation sites (tertiary alicyclic amines) is 1. The molecule has 2 N–H and O–H groups in total. The second kappa shape index (κ2) is 8.06. The van der Waals surface area contributed by atoms with Crippen LogP contribution in [0.2, 0.25) is 0 Å². The summed E-state index contributed by atoms with van der Waals surface area (Å²) in [5.41, 5.74) is 5.58. The molecule has 1 heterocycles. The van der Waals surface area contributed by atoms with Gasteiger partial charge in [0.1, 0.15) is 0 Å². The van der Waals surface area contributed by atoms with Crippen molar-refractivity contribution in [2.75, 3.05) is 33.3 Å². The molecule has 1 aliphatic rings. The Morgan fingerprint density at radius 2 is 1.88 bits per heavy atom. The molecule has 3 heteroatoms. The number of hydrogen-bond acceptors (Lipinski definition) is 3. The molecule has 1 unspecified atom stereocenters. The molecule has 1 rings (SSSR count). The highest BCUT2D eigenvalue weighted by Gasteiger charge is 2.30. The van der Waals surface area contributed by atoms with Gasteiger partial charge in [-0.05, 0) is 52.2 Å². The molecular weight excluding hydrogens is 212 g/mol. The predicted octanol–water partition coefficient (Wildman–Crippen LogP) is 2.40. The van der Waals surface area contributed by atoms with Crippen molar-refractivity contribution in [2.24, 2.45) is 5.73 Å². The van der Waals surface area contributed by atoms with E-state index in [1.807, 2.05) is 7.11 Å². The fraction of sp³-hybridized carbons (Fsp3) is 1.00. The van der Waals surface area contributed by atoms with Crippen LogP contribution < -0.4 is 5.73 Å². The van der Waals surface area contributed by atoms with Gasteiger partial charge in [0.05, 0.1) is 5.60 Å². The van der Waals surface area contributed by atoms with E-state index in [0.717, 1.165) is 13.1 Å². The molecule has 1 atom stereocenters. The summed E-state index contributed by atoms with van der Waals surface area (Å²) in [7, 11) is 1.84. The van der Waals surface area contributed by atoms with E-state index < -0.39 is 0 Å². The second-order valence-corrected chi connectivity index (χ2v) is 5.59. The zero-order valence-electron chi connectivity index (χ0n) is 11.7. The normalized spacial score (nSPS) is 26.3. The fourth-order valence-corrected chi connectivity index (χ4v) is 2.68. The van der Waals surface area contributed by atoms with Crippen molar-refractivity contribution in [2.45, 2.75) is 57.5 Å². The summed E-state index contributed by atoms with van der Waals surface area (Å²) in [6.07, 6.45) is 8.98. The van der Waals surface area contributed by atoms with Crippen LogP contribution in [0.15, 0.2) is 0 Å². The van der Waals surface area contributed by atoms with Gasteiger partial charge in [-0.2, -0.15) is 0 Å². The molecule has 0 aromatic rings. The highest BCUT2D eigenvalue weighted by atomic mass is 16.5. The molecule has 0 saturated carbocycles. The maximum atomic E-state index is 5.61. The Morgan fingerprint density at radius 1 is 1.18 bits per heavy atom. The first-order valence-electron chi connectivity index (χ1n) is 7.18. The Balaban J connectivity index is 2.06. The minimum Gasteiger partial charge on any atom is -0.377 e. The van der Waals surface area contributed by atoms with Crippen molar-refractivity contribution in [3.63, 3.8) is 0 Å². The average molecular weight is 242 g/mol.